The SMILES string of the molecule is CCCCN(C(=N)NC(=O)OCc1ccccc1)C(=O)OCc1ccccc1. The van der Waals surface area contributed by atoms with E-state index in [2.05, 4.69) is 5.32 Å². The van der Waals surface area contributed by atoms with Crippen LogP contribution in [0, 0.1) is 5.41 Å². The predicted octanol–water partition coefficient (Wildman–Crippen LogP) is 4.29. The van der Waals surface area contributed by atoms with Crippen LogP contribution >= 0.6 is 0 Å². The molecule has 2 aromatic rings. The van der Waals surface area contributed by atoms with Crippen molar-refractivity contribution in [3.8, 4) is 0 Å². The van der Waals surface area contributed by atoms with E-state index in [-0.39, 0.29) is 25.7 Å². The molecule has 7 nitrogen and oxygen atoms in total. The largest absolute Gasteiger partial charge is 0.444 e. The van der Waals surface area contributed by atoms with Gasteiger partial charge in [0.05, 0.1) is 0 Å². The molecule has 0 aliphatic heterocycles. The molecular formula is C21H25N3O4. The van der Waals surface area contributed by atoms with E-state index in [4.69, 9.17) is 14.9 Å². The molecule has 0 bridgehead atoms. The van der Waals surface area contributed by atoms with Crippen LogP contribution in [0.3, 0.4) is 0 Å². The van der Waals surface area contributed by atoms with Gasteiger partial charge in [0.15, 0.2) is 0 Å². The first-order chi connectivity index (χ1) is 13.6. The Hall–Kier alpha value is -3.35. The Labute approximate surface area is 164 Å². The summed E-state index contributed by atoms with van der Waals surface area (Å²) in [5, 5.41) is 10.3. The van der Waals surface area contributed by atoms with E-state index >= 15 is 0 Å². The Kier molecular flexibility index (Phi) is 8.52. The zero-order valence-corrected chi connectivity index (χ0v) is 15.9. The van der Waals surface area contributed by atoms with Gasteiger partial charge >= 0.3 is 12.2 Å². The lowest BCUT2D eigenvalue weighted by atomic mass is 10.2. The standard InChI is InChI=1S/C21H25N3O4/c1-2-3-14-24(21(26)28-16-18-12-8-5-9-13-18)19(22)23-20(25)27-15-17-10-6-4-7-11-17/h4-13H,2-3,14-16H2,1H3,(H2,22,23,25). The van der Waals surface area contributed by atoms with Crippen LogP contribution in [0.1, 0.15) is 30.9 Å². The summed E-state index contributed by atoms with van der Waals surface area (Å²) in [5.74, 6) is -0.371. The molecule has 7 heteroatoms. The molecule has 0 heterocycles. The third-order valence-electron chi connectivity index (χ3n) is 3.86. The van der Waals surface area contributed by atoms with E-state index in [1.165, 1.54) is 0 Å². The van der Waals surface area contributed by atoms with E-state index < -0.39 is 12.2 Å². The van der Waals surface area contributed by atoms with Gasteiger partial charge in [-0.15, -0.1) is 0 Å². The molecular weight excluding hydrogens is 358 g/mol. The van der Waals surface area contributed by atoms with Crippen molar-refractivity contribution in [2.24, 2.45) is 0 Å². The van der Waals surface area contributed by atoms with Gasteiger partial charge < -0.3 is 9.47 Å². The van der Waals surface area contributed by atoms with Crippen LogP contribution in [-0.4, -0.2) is 29.6 Å². The van der Waals surface area contributed by atoms with Gasteiger partial charge in [0.2, 0.25) is 5.96 Å². The number of nitrogens with one attached hydrogen (secondary N) is 2. The van der Waals surface area contributed by atoms with Crippen molar-refractivity contribution in [1.29, 1.82) is 5.41 Å². The summed E-state index contributed by atoms with van der Waals surface area (Å²) in [6.45, 7) is 2.40. The molecule has 148 valence electrons. The van der Waals surface area contributed by atoms with Gasteiger partial charge in [-0.3, -0.25) is 10.7 Å². The van der Waals surface area contributed by atoms with Gasteiger partial charge in [0, 0.05) is 6.54 Å². The molecule has 0 radical (unpaired) electrons. The lowest BCUT2D eigenvalue weighted by molar-refractivity contribution is 0.113. The van der Waals surface area contributed by atoms with Crippen molar-refractivity contribution in [2.45, 2.75) is 33.0 Å². The van der Waals surface area contributed by atoms with Crippen molar-refractivity contribution >= 4 is 18.1 Å². The quantitative estimate of drug-likeness (QED) is 0.551. The number of unbranched alkanes of at least 4 members (excludes halogenated alkanes) is 1. The molecule has 0 spiro atoms. The summed E-state index contributed by atoms with van der Waals surface area (Å²) in [7, 11) is 0. The Morgan fingerprint density at radius 2 is 1.46 bits per heavy atom. The second kappa shape index (κ2) is 11.4. The molecule has 2 aromatic carbocycles. The normalized spacial score (nSPS) is 10.0. The fraction of sp³-hybridized carbons (Fsp3) is 0.286. The number of carbonyl (C=O) groups excluding carboxylic acids is 2. The number of alkyl carbamates (subject to hydrolysis) is 1. The highest BCUT2D eigenvalue weighted by atomic mass is 16.6. The number of hydrogen-bond acceptors (Lipinski definition) is 5. The molecule has 0 saturated heterocycles. The van der Waals surface area contributed by atoms with Crippen molar-refractivity contribution in [3.05, 3.63) is 71.8 Å². The average Bonchev–Trinajstić information content (AvgIpc) is 2.72. The highest BCUT2D eigenvalue weighted by Crippen LogP contribution is 2.06. The van der Waals surface area contributed by atoms with Crippen LogP contribution in [0.5, 0.6) is 0 Å². The summed E-state index contributed by atoms with van der Waals surface area (Å²) in [4.78, 5) is 25.4. The van der Waals surface area contributed by atoms with Crippen molar-refractivity contribution in [2.75, 3.05) is 6.54 Å². The second-order valence-corrected chi connectivity index (χ2v) is 6.08. The van der Waals surface area contributed by atoms with Gasteiger partial charge in [0.25, 0.3) is 0 Å². The summed E-state index contributed by atoms with van der Waals surface area (Å²) >= 11 is 0. The first-order valence-corrected chi connectivity index (χ1v) is 9.14. The van der Waals surface area contributed by atoms with Crippen molar-refractivity contribution in [3.63, 3.8) is 0 Å². The minimum absolute atomic E-state index is 0.0768. The van der Waals surface area contributed by atoms with Gasteiger partial charge in [-0.1, -0.05) is 74.0 Å². The first kappa shape index (κ1) is 21.0. The summed E-state index contributed by atoms with van der Waals surface area (Å²) in [5.41, 5.74) is 1.67. The molecule has 0 unspecified atom stereocenters. The molecule has 0 aromatic heterocycles. The smallest absolute Gasteiger partial charge is 0.416 e. The lowest BCUT2D eigenvalue weighted by Crippen LogP contribution is -2.47. The molecule has 0 fully saturated rings. The third-order valence-corrected chi connectivity index (χ3v) is 3.86. The zero-order chi connectivity index (χ0) is 20.2. The Bertz CT molecular complexity index is 766. The Morgan fingerprint density at radius 1 is 0.929 bits per heavy atom. The highest BCUT2D eigenvalue weighted by Gasteiger charge is 2.21. The zero-order valence-electron chi connectivity index (χ0n) is 15.9. The summed E-state index contributed by atoms with van der Waals surface area (Å²) < 4.78 is 10.4. The van der Waals surface area contributed by atoms with Crippen LogP contribution < -0.4 is 5.32 Å². The van der Waals surface area contributed by atoms with E-state index in [9.17, 15) is 9.59 Å². The molecule has 0 aliphatic carbocycles. The Morgan fingerprint density at radius 3 is 2.00 bits per heavy atom. The highest BCUT2D eigenvalue weighted by molar-refractivity contribution is 5.99. The summed E-state index contributed by atoms with van der Waals surface area (Å²) in [6.07, 6.45) is 0.00877. The monoisotopic (exact) mass is 383 g/mol. The third kappa shape index (κ3) is 7.11. The summed E-state index contributed by atoms with van der Waals surface area (Å²) in [6, 6.07) is 18.5. The Balaban J connectivity index is 1.87. The molecule has 2 amide bonds. The van der Waals surface area contributed by atoms with E-state index in [0.717, 1.165) is 22.4 Å². The number of carbonyl (C=O) groups is 2. The minimum Gasteiger partial charge on any atom is -0.444 e. The van der Waals surface area contributed by atoms with Gasteiger partial charge in [-0.2, -0.15) is 0 Å². The predicted molar refractivity (Wildman–Crippen MR) is 106 cm³/mol. The van der Waals surface area contributed by atoms with Gasteiger partial charge in [-0.05, 0) is 17.5 Å². The second-order valence-electron chi connectivity index (χ2n) is 6.08. The molecule has 2 rings (SSSR count). The topological polar surface area (TPSA) is 91.7 Å². The molecule has 2 N–H and O–H groups in total. The van der Waals surface area contributed by atoms with Gasteiger partial charge in [-0.25, -0.2) is 14.5 Å². The number of amides is 2. The van der Waals surface area contributed by atoms with Crippen LogP contribution in [0.25, 0.3) is 0 Å². The number of nitrogens with zero attached hydrogens (tertiary/aromatic N) is 1. The van der Waals surface area contributed by atoms with E-state index in [0.29, 0.717) is 6.42 Å². The van der Waals surface area contributed by atoms with Gasteiger partial charge in [0.1, 0.15) is 13.2 Å². The van der Waals surface area contributed by atoms with Crippen molar-refractivity contribution in [1.82, 2.24) is 10.2 Å². The lowest BCUT2D eigenvalue weighted by Gasteiger charge is -2.22. The maximum atomic E-state index is 12.4. The fourth-order valence-electron chi connectivity index (χ4n) is 2.33. The first-order valence-electron chi connectivity index (χ1n) is 9.14. The molecule has 0 saturated carbocycles. The van der Waals surface area contributed by atoms with Crippen LogP contribution in [-0.2, 0) is 22.7 Å². The number of hydrogen-bond donors (Lipinski definition) is 2. The number of guanidine groups is 1. The van der Waals surface area contributed by atoms with Crippen LogP contribution in [0.2, 0.25) is 0 Å². The molecule has 0 atom stereocenters. The molecule has 0 aliphatic rings. The maximum Gasteiger partial charge on any atom is 0.416 e. The number of benzene rings is 2. The van der Waals surface area contributed by atoms with Crippen molar-refractivity contribution < 1.29 is 19.1 Å². The average molecular weight is 383 g/mol. The maximum absolute atomic E-state index is 12.4. The van der Waals surface area contributed by atoms with Crippen LogP contribution in [0.4, 0.5) is 9.59 Å². The fourth-order valence-corrected chi connectivity index (χ4v) is 2.33. The van der Waals surface area contributed by atoms with E-state index in [1.54, 1.807) is 0 Å². The molecule has 28 heavy (non-hydrogen) atoms. The van der Waals surface area contributed by atoms with E-state index in [1.807, 2.05) is 67.6 Å². The van der Waals surface area contributed by atoms with Crippen LogP contribution in [0.15, 0.2) is 60.7 Å². The minimum atomic E-state index is -0.800. The number of ether oxygens (including phenoxy) is 2. The number of rotatable bonds is 7.